The van der Waals surface area contributed by atoms with Crippen molar-refractivity contribution in [2.75, 3.05) is 5.32 Å². The van der Waals surface area contributed by atoms with Gasteiger partial charge in [0, 0.05) is 11.4 Å². The molecule has 0 radical (unpaired) electrons. The van der Waals surface area contributed by atoms with Crippen LogP contribution in [0.1, 0.15) is 16.7 Å². The van der Waals surface area contributed by atoms with Gasteiger partial charge < -0.3 is 5.32 Å². The molecule has 3 rings (SSSR count). The summed E-state index contributed by atoms with van der Waals surface area (Å²) in [5.41, 5.74) is 1.14. The highest BCUT2D eigenvalue weighted by Gasteiger charge is 2.19. The van der Waals surface area contributed by atoms with Gasteiger partial charge in [0.15, 0.2) is 5.82 Å². The van der Waals surface area contributed by atoms with Crippen LogP contribution in [0.25, 0.3) is 0 Å². The van der Waals surface area contributed by atoms with E-state index in [4.69, 9.17) is 11.6 Å². The molecule has 0 atom stereocenters. The molecule has 0 spiro atoms. The van der Waals surface area contributed by atoms with Crippen LogP contribution in [0, 0.1) is 28.5 Å². The third-order valence-corrected chi connectivity index (χ3v) is 5.37. The summed E-state index contributed by atoms with van der Waals surface area (Å²) in [5.74, 6) is -0.718. The van der Waals surface area contributed by atoms with Crippen LogP contribution < -0.4 is 5.32 Å². The molecule has 132 valence electrons. The number of benzene rings is 3. The summed E-state index contributed by atoms with van der Waals surface area (Å²) >= 11 is 7.28. The van der Waals surface area contributed by atoms with Crippen LogP contribution in [0.3, 0.4) is 0 Å². The summed E-state index contributed by atoms with van der Waals surface area (Å²) in [7, 11) is 0. The van der Waals surface area contributed by atoms with Gasteiger partial charge >= 0.3 is 0 Å². The van der Waals surface area contributed by atoms with Crippen molar-refractivity contribution in [2.45, 2.75) is 16.3 Å². The van der Waals surface area contributed by atoms with E-state index >= 15 is 0 Å². The van der Waals surface area contributed by atoms with Gasteiger partial charge in [-0.05, 0) is 23.8 Å². The molecule has 3 aromatic rings. The Morgan fingerprint density at radius 3 is 2.26 bits per heavy atom. The minimum absolute atomic E-state index is 0.00515. The molecule has 0 saturated heterocycles. The highest BCUT2D eigenvalue weighted by molar-refractivity contribution is 7.99. The number of anilines is 1. The van der Waals surface area contributed by atoms with Gasteiger partial charge in [-0.15, -0.1) is 0 Å². The molecule has 6 heteroatoms. The van der Waals surface area contributed by atoms with E-state index in [1.165, 1.54) is 0 Å². The topological polar surface area (TPSA) is 59.6 Å². The molecule has 3 aromatic carbocycles. The molecule has 0 aliphatic rings. The van der Waals surface area contributed by atoms with Crippen molar-refractivity contribution in [3.8, 4) is 12.1 Å². The van der Waals surface area contributed by atoms with Crippen molar-refractivity contribution in [2.24, 2.45) is 0 Å². The molecule has 27 heavy (non-hydrogen) atoms. The predicted octanol–water partition coefficient (Wildman–Crippen LogP) is 5.99. The van der Waals surface area contributed by atoms with Crippen LogP contribution in [0.4, 0.5) is 10.1 Å². The lowest BCUT2D eigenvalue weighted by Crippen LogP contribution is -2.05. The number of nitrogens with one attached hydrogen (secondary N) is 1. The van der Waals surface area contributed by atoms with Gasteiger partial charge in [0.25, 0.3) is 0 Å². The first-order chi connectivity index (χ1) is 13.1. The first-order valence-corrected chi connectivity index (χ1v) is 9.20. The van der Waals surface area contributed by atoms with Crippen LogP contribution in [0.5, 0.6) is 0 Å². The molecule has 0 aliphatic carbocycles. The third-order valence-electron chi connectivity index (χ3n) is 3.84. The summed E-state index contributed by atoms with van der Waals surface area (Å²) < 4.78 is 14.8. The Bertz CT molecular complexity index is 1060. The molecular formula is C21H13ClFN3S. The fraction of sp³-hybridized carbons (Fsp3) is 0.0476. The number of hydrogen-bond acceptors (Lipinski definition) is 4. The lowest BCUT2D eigenvalue weighted by Gasteiger charge is -2.13. The molecule has 0 aromatic heterocycles. The summed E-state index contributed by atoms with van der Waals surface area (Å²) in [6.45, 7) is 0.447. The zero-order valence-electron chi connectivity index (χ0n) is 14.0. The predicted molar refractivity (Wildman–Crippen MR) is 105 cm³/mol. The lowest BCUT2D eigenvalue weighted by atomic mass is 10.1. The lowest BCUT2D eigenvalue weighted by molar-refractivity contribution is 0.597. The Morgan fingerprint density at radius 1 is 0.926 bits per heavy atom. The van der Waals surface area contributed by atoms with Crippen LogP contribution in [-0.2, 0) is 6.54 Å². The maximum absolute atomic E-state index is 14.8. The van der Waals surface area contributed by atoms with Gasteiger partial charge in [-0.2, -0.15) is 10.5 Å². The van der Waals surface area contributed by atoms with Crippen molar-refractivity contribution in [3.05, 3.63) is 88.2 Å². The van der Waals surface area contributed by atoms with E-state index in [0.717, 1.165) is 17.3 Å². The van der Waals surface area contributed by atoms with Gasteiger partial charge in [-0.3, -0.25) is 0 Å². The molecule has 0 unspecified atom stereocenters. The Kier molecular flexibility index (Phi) is 5.98. The maximum Gasteiger partial charge on any atom is 0.156 e. The minimum Gasteiger partial charge on any atom is -0.380 e. The zero-order valence-corrected chi connectivity index (χ0v) is 15.6. The Labute approximate surface area is 166 Å². The van der Waals surface area contributed by atoms with Crippen LogP contribution in [-0.4, -0.2) is 0 Å². The van der Waals surface area contributed by atoms with Crippen molar-refractivity contribution in [3.63, 3.8) is 0 Å². The summed E-state index contributed by atoms with van der Waals surface area (Å²) in [6, 6.07) is 22.0. The maximum atomic E-state index is 14.8. The van der Waals surface area contributed by atoms with E-state index < -0.39 is 5.82 Å². The van der Waals surface area contributed by atoms with Gasteiger partial charge in [0.1, 0.15) is 17.7 Å². The highest BCUT2D eigenvalue weighted by Crippen LogP contribution is 2.38. The molecule has 0 amide bonds. The van der Waals surface area contributed by atoms with Crippen LogP contribution in [0.15, 0.2) is 70.5 Å². The van der Waals surface area contributed by atoms with Crippen molar-refractivity contribution in [1.82, 2.24) is 0 Å². The average molecular weight is 394 g/mol. The highest BCUT2D eigenvalue weighted by atomic mass is 35.5. The van der Waals surface area contributed by atoms with Gasteiger partial charge in [-0.25, -0.2) is 4.39 Å². The molecular weight excluding hydrogens is 381 g/mol. The molecule has 3 nitrogen and oxygen atoms in total. The second kappa shape index (κ2) is 8.60. The summed E-state index contributed by atoms with van der Waals surface area (Å²) in [5, 5.41) is 22.4. The molecule has 0 fully saturated rings. The third kappa shape index (κ3) is 4.23. The summed E-state index contributed by atoms with van der Waals surface area (Å²) in [4.78, 5) is 0.898. The Morgan fingerprint density at radius 2 is 1.59 bits per heavy atom. The van der Waals surface area contributed by atoms with Crippen LogP contribution >= 0.6 is 23.4 Å². The van der Waals surface area contributed by atoms with Gasteiger partial charge in [-0.1, -0.05) is 65.8 Å². The molecule has 1 N–H and O–H groups in total. The molecule has 0 bridgehead atoms. The molecule has 0 saturated carbocycles. The number of nitrogens with zero attached hydrogens (tertiary/aromatic N) is 2. The van der Waals surface area contributed by atoms with Gasteiger partial charge in [0.05, 0.1) is 21.2 Å². The van der Waals surface area contributed by atoms with Crippen molar-refractivity contribution >= 4 is 29.1 Å². The second-order valence-corrected chi connectivity index (χ2v) is 7.07. The van der Waals surface area contributed by atoms with Gasteiger partial charge in [0.2, 0.25) is 0 Å². The van der Waals surface area contributed by atoms with E-state index in [2.05, 4.69) is 5.32 Å². The number of halogens is 2. The average Bonchev–Trinajstić information content (AvgIpc) is 2.70. The molecule has 0 heterocycles. The standard InChI is InChI=1S/C21H13ClFN3S/c22-17-8-4-5-9-19(17)27-20-10-18(15(11-24)16(12-25)21(20)23)26-13-14-6-2-1-3-7-14/h1-10,26H,13H2. The van der Waals surface area contributed by atoms with E-state index in [1.54, 1.807) is 30.3 Å². The fourth-order valence-electron chi connectivity index (χ4n) is 2.51. The van der Waals surface area contributed by atoms with E-state index in [-0.39, 0.29) is 16.0 Å². The van der Waals surface area contributed by atoms with E-state index in [9.17, 15) is 14.9 Å². The van der Waals surface area contributed by atoms with Crippen molar-refractivity contribution in [1.29, 1.82) is 10.5 Å². The van der Waals surface area contributed by atoms with E-state index in [0.29, 0.717) is 22.2 Å². The van der Waals surface area contributed by atoms with E-state index in [1.807, 2.05) is 42.5 Å². The zero-order chi connectivity index (χ0) is 19.2. The number of rotatable bonds is 5. The number of hydrogen-bond donors (Lipinski definition) is 1. The fourth-order valence-corrected chi connectivity index (χ4v) is 3.68. The largest absolute Gasteiger partial charge is 0.380 e. The van der Waals surface area contributed by atoms with Crippen molar-refractivity contribution < 1.29 is 4.39 Å². The minimum atomic E-state index is -0.718. The Hall–Kier alpha value is -2.99. The second-order valence-electron chi connectivity index (χ2n) is 5.58. The SMILES string of the molecule is N#Cc1c(NCc2ccccc2)cc(Sc2ccccc2Cl)c(F)c1C#N. The molecule has 0 aliphatic heterocycles. The normalized spacial score (nSPS) is 10.1. The monoisotopic (exact) mass is 393 g/mol. The van der Waals surface area contributed by atoms with Crippen LogP contribution in [0.2, 0.25) is 5.02 Å². The summed E-state index contributed by atoms with van der Waals surface area (Å²) in [6.07, 6.45) is 0. The number of nitriles is 2. The first kappa shape index (κ1) is 18.8. The quantitative estimate of drug-likeness (QED) is 0.578. The first-order valence-electron chi connectivity index (χ1n) is 8.01. The Balaban J connectivity index is 2.00. The smallest absolute Gasteiger partial charge is 0.156 e.